The van der Waals surface area contributed by atoms with Crippen molar-refractivity contribution in [1.82, 2.24) is 4.57 Å². The van der Waals surface area contributed by atoms with Crippen molar-refractivity contribution in [3.8, 4) is 5.75 Å². The van der Waals surface area contributed by atoms with Gasteiger partial charge in [-0.25, -0.2) is 0 Å². The number of amides is 1. The molecule has 1 aromatic heterocycles. The second-order valence-electron chi connectivity index (χ2n) is 5.73. The number of alkyl halides is 3. The average molecular weight is 362 g/mol. The van der Waals surface area contributed by atoms with Gasteiger partial charge in [0.25, 0.3) is 5.91 Å². The molecule has 3 rings (SSSR count). The van der Waals surface area contributed by atoms with Crippen molar-refractivity contribution in [2.24, 2.45) is 0 Å². The molecule has 0 fully saturated rings. The van der Waals surface area contributed by atoms with E-state index in [0.29, 0.717) is 5.69 Å². The summed E-state index contributed by atoms with van der Waals surface area (Å²) in [5, 5.41) is 3.72. The number of hydrogen-bond donors (Lipinski definition) is 1. The lowest BCUT2D eigenvalue weighted by atomic mass is 10.2. The Hall–Kier alpha value is -2.96. The van der Waals surface area contributed by atoms with Crippen LogP contribution in [0.4, 0.5) is 18.9 Å². The molecular formula is C19H17F3N2O2. The van der Waals surface area contributed by atoms with Crippen LogP contribution in [-0.2, 0) is 17.5 Å². The lowest BCUT2D eigenvalue weighted by molar-refractivity contribution is -0.137. The molecule has 0 saturated heterocycles. The van der Waals surface area contributed by atoms with Gasteiger partial charge in [0.1, 0.15) is 5.75 Å². The van der Waals surface area contributed by atoms with Crippen LogP contribution in [0.2, 0.25) is 0 Å². The maximum Gasteiger partial charge on any atom is 0.416 e. The number of hydrogen-bond acceptors (Lipinski definition) is 2. The zero-order valence-electron chi connectivity index (χ0n) is 14.0. The highest BCUT2D eigenvalue weighted by atomic mass is 19.4. The number of nitrogens with one attached hydrogen (secondary N) is 1. The largest absolute Gasteiger partial charge is 0.484 e. The summed E-state index contributed by atoms with van der Waals surface area (Å²) in [6.07, 6.45) is -2.42. The fraction of sp³-hybridized carbons (Fsp3) is 0.211. The van der Waals surface area contributed by atoms with Crippen LogP contribution in [-0.4, -0.2) is 17.1 Å². The quantitative estimate of drug-likeness (QED) is 0.715. The SMILES string of the molecule is CCn1ccc2cc(NC(=O)COc3ccc(C(F)(F)F)cc3)ccc21. The molecule has 0 spiro atoms. The summed E-state index contributed by atoms with van der Waals surface area (Å²) in [5.74, 6) is -0.192. The lowest BCUT2D eigenvalue weighted by Crippen LogP contribution is -2.20. The number of carbonyl (C=O) groups excluding carboxylic acids is 1. The van der Waals surface area contributed by atoms with Gasteiger partial charge in [0.15, 0.2) is 6.61 Å². The summed E-state index contributed by atoms with van der Waals surface area (Å²) in [7, 11) is 0. The molecule has 26 heavy (non-hydrogen) atoms. The van der Waals surface area contributed by atoms with Gasteiger partial charge in [-0.05, 0) is 55.5 Å². The fourth-order valence-corrected chi connectivity index (χ4v) is 2.64. The Labute approximate surface area is 148 Å². The van der Waals surface area contributed by atoms with Gasteiger partial charge in [0.2, 0.25) is 0 Å². The van der Waals surface area contributed by atoms with Crippen LogP contribution < -0.4 is 10.1 Å². The molecule has 1 N–H and O–H groups in total. The van der Waals surface area contributed by atoms with E-state index in [1.165, 1.54) is 12.1 Å². The first kappa shape index (κ1) is 17.8. The number of benzene rings is 2. The van der Waals surface area contributed by atoms with Gasteiger partial charge in [-0.15, -0.1) is 0 Å². The van der Waals surface area contributed by atoms with Crippen molar-refractivity contribution in [1.29, 1.82) is 0 Å². The number of halogens is 3. The van der Waals surface area contributed by atoms with Crippen molar-refractivity contribution in [2.45, 2.75) is 19.6 Å². The Morgan fingerprint density at radius 3 is 2.50 bits per heavy atom. The van der Waals surface area contributed by atoms with E-state index < -0.39 is 11.7 Å². The third-order valence-corrected chi connectivity index (χ3v) is 3.95. The molecule has 0 aliphatic rings. The Morgan fingerprint density at radius 1 is 1.12 bits per heavy atom. The van der Waals surface area contributed by atoms with Crippen LogP contribution in [0.25, 0.3) is 10.9 Å². The number of fused-ring (bicyclic) bond motifs is 1. The predicted molar refractivity (Wildman–Crippen MR) is 93.2 cm³/mol. The lowest BCUT2D eigenvalue weighted by Gasteiger charge is -2.10. The van der Waals surface area contributed by atoms with E-state index >= 15 is 0 Å². The first-order chi connectivity index (χ1) is 12.4. The maximum absolute atomic E-state index is 12.5. The molecule has 136 valence electrons. The molecule has 0 unspecified atom stereocenters. The standard InChI is InChI=1S/C19H17F3N2O2/c1-2-24-10-9-13-11-15(5-8-17(13)24)23-18(25)12-26-16-6-3-14(4-7-16)19(20,21)22/h3-11H,2,12H2,1H3,(H,23,25). The molecule has 0 radical (unpaired) electrons. The van der Waals surface area contributed by atoms with E-state index in [4.69, 9.17) is 4.74 Å². The number of nitrogens with zero attached hydrogens (tertiary/aromatic N) is 1. The number of ether oxygens (including phenoxy) is 1. The molecule has 1 amide bonds. The third kappa shape index (κ3) is 3.99. The van der Waals surface area contributed by atoms with Crippen LogP contribution in [0.15, 0.2) is 54.7 Å². The van der Waals surface area contributed by atoms with Crippen molar-refractivity contribution < 1.29 is 22.7 Å². The molecule has 0 aliphatic carbocycles. The van der Waals surface area contributed by atoms with Crippen molar-refractivity contribution in [2.75, 3.05) is 11.9 Å². The molecule has 1 heterocycles. The topological polar surface area (TPSA) is 43.3 Å². The van der Waals surface area contributed by atoms with Gasteiger partial charge in [0.05, 0.1) is 5.56 Å². The van der Waals surface area contributed by atoms with Gasteiger partial charge in [-0.3, -0.25) is 4.79 Å². The molecule has 0 aliphatic heterocycles. The van der Waals surface area contributed by atoms with E-state index in [9.17, 15) is 18.0 Å². The van der Waals surface area contributed by atoms with Crippen LogP contribution in [0.1, 0.15) is 12.5 Å². The number of anilines is 1. The third-order valence-electron chi connectivity index (χ3n) is 3.95. The Bertz CT molecular complexity index is 915. The van der Waals surface area contributed by atoms with Gasteiger partial charge in [0, 0.05) is 29.3 Å². The maximum atomic E-state index is 12.5. The minimum Gasteiger partial charge on any atom is -0.484 e. The number of carbonyl (C=O) groups is 1. The molecule has 7 heteroatoms. The normalized spacial score (nSPS) is 11.5. The second-order valence-corrected chi connectivity index (χ2v) is 5.73. The summed E-state index contributed by atoms with van der Waals surface area (Å²) in [6.45, 7) is 2.61. The Morgan fingerprint density at radius 2 is 1.85 bits per heavy atom. The molecule has 3 aromatic rings. The molecule has 0 atom stereocenters. The molecular weight excluding hydrogens is 345 g/mol. The van der Waals surface area contributed by atoms with E-state index in [0.717, 1.165) is 29.6 Å². The van der Waals surface area contributed by atoms with E-state index in [2.05, 4.69) is 9.88 Å². The highest BCUT2D eigenvalue weighted by Gasteiger charge is 2.30. The van der Waals surface area contributed by atoms with Crippen LogP contribution in [0.5, 0.6) is 5.75 Å². The van der Waals surface area contributed by atoms with Gasteiger partial charge >= 0.3 is 6.18 Å². The zero-order chi connectivity index (χ0) is 18.7. The highest BCUT2D eigenvalue weighted by Crippen LogP contribution is 2.30. The van der Waals surface area contributed by atoms with E-state index in [1.807, 2.05) is 31.3 Å². The van der Waals surface area contributed by atoms with Crippen molar-refractivity contribution in [3.05, 3.63) is 60.3 Å². The number of aryl methyl sites for hydroxylation is 1. The first-order valence-electron chi connectivity index (χ1n) is 8.05. The first-order valence-corrected chi connectivity index (χ1v) is 8.05. The van der Waals surface area contributed by atoms with Crippen LogP contribution in [0.3, 0.4) is 0 Å². The Kier molecular flexibility index (Phi) is 4.88. The van der Waals surface area contributed by atoms with Gasteiger partial charge < -0.3 is 14.6 Å². The monoisotopic (exact) mass is 362 g/mol. The van der Waals surface area contributed by atoms with E-state index in [-0.39, 0.29) is 18.3 Å². The molecule has 4 nitrogen and oxygen atoms in total. The highest BCUT2D eigenvalue weighted by molar-refractivity contribution is 5.94. The summed E-state index contributed by atoms with van der Waals surface area (Å²) >= 11 is 0. The Balaban J connectivity index is 1.59. The van der Waals surface area contributed by atoms with E-state index in [1.54, 1.807) is 6.07 Å². The summed E-state index contributed by atoms with van der Waals surface area (Å²) in [4.78, 5) is 12.0. The minimum absolute atomic E-state index is 0.198. The summed E-state index contributed by atoms with van der Waals surface area (Å²) in [5.41, 5.74) is 0.945. The summed E-state index contributed by atoms with van der Waals surface area (Å²) in [6, 6.07) is 11.8. The van der Waals surface area contributed by atoms with Crippen molar-refractivity contribution >= 4 is 22.5 Å². The number of rotatable bonds is 5. The summed E-state index contributed by atoms with van der Waals surface area (Å²) < 4.78 is 44.8. The smallest absolute Gasteiger partial charge is 0.416 e. The number of aromatic nitrogens is 1. The van der Waals surface area contributed by atoms with Gasteiger partial charge in [-0.2, -0.15) is 13.2 Å². The zero-order valence-corrected chi connectivity index (χ0v) is 14.0. The fourth-order valence-electron chi connectivity index (χ4n) is 2.64. The predicted octanol–water partition coefficient (Wildman–Crippen LogP) is 4.70. The van der Waals surface area contributed by atoms with Crippen LogP contribution in [0, 0.1) is 0 Å². The van der Waals surface area contributed by atoms with Gasteiger partial charge in [-0.1, -0.05) is 0 Å². The van der Waals surface area contributed by atoms with Crippen molar-refractivity contribution in [3.63, 3.8) is 0 Å². The molecule has 2 aromatic carbocycles. The van der Waals surface area contributed by atoms with Crippen LogP contribution >= 0.6 is 0 Å². The molecule has 0 saturated carbocycles. The average Bonchev–Trinajstić information content (AvgIpc) is 3.02. The second kappa shape index (κ2) is 7.11. The molecule has 0 bridgehead atoms. The minimum atomic E-state index is -4.40.